The maximum Gasteiger partial charge on any atom is 0.0674 e. The average molecular weight is 197 g/mol. The molecule has 0 aromatic rings. The summed E-state index contributed by atoms with van der Waals surface area (Å²) in [5, 5.41) is 3.36. The predicted molar refractivity (Wildman–Crippen MR) is 58.3 cm³/mol. The molecule has 2 aliphatic rings. The zero-order valence-electron chi connectivity index (χ0n) is 9.68. The molecule has 0 bridgehead atoms. The van der Waals surface area contributed by atoms with Gasteiger partial charge in [0.15, 0.2) is 0 Å². The lowest BCUT2D eigenvalue weighted by atomic mass is 9.70. The van der Waals surface area contributed by atoms with Crippen LogP contribution in [0.1, 0.15) is 33.1 Å². The lowest BCUT2D eigenvalue weighted by Crippen LogP contribution is -2.44. The molecule has 14 heavy (non-hydrogen) atoms. The quantitative estimate of drug-likeness (QED) is 0.744. The van der Waals surface area contributed by atoms with E-state index in [4.69, 9.17) is 4.74 Å². The van der Waals surface area contributed by atoms with E-state index in [2.05, 4.69) is 26.2 Å². The molecule has 2 atom stereocenters. The molecule has 0 aromatic carbocycles. The molecule has 1 aliphatic heterocycles. The Balaban J connectivity index is 2.13. The Morgan fingerprint density at radius 1 is 1.43 bits per heavy atom. The van der Waals surface area contributed by atoms with Crippen LogP contribution in [0.4, 0.5) is 0 Å². The molecule has 1 N–H and O–H groups in total. The highest BCUT2D eigenvalue weighted by Crippen LogP contribution is 2.51. The summed E-state index contributed by atoms with van der Waals surface area (Å²) in [6, 6.07) is 0. The van der Waals surface area contributed by atoms with Crippen molar-refractivity contribution in [3.8, 4) is 0 Å². The Morgan fingerprint density at radius 3 is 2.64 bits per heavy atom. The van der Waals surface area contributed by atoms with Gasteiger partial charge in [-0.2, -0.15) is 0 Å². The van der Waals surface area contributed by atoms with Gasteiger partial charge in [0.1, 0.15) is 0 Å². The van der Waals surface area contributed by atoms with Gasteiger partial charge in [0.25, 0.3) is 0 Å². The standard InChI is InChI=1S/C12H23NO/c1-9(2)12(8-13-3)6-7-14-11(12)10-4-5-10/h9-11,13H,4-8H2,1-3H3. The van der Waals surface area contributed by atoms with E-state index in [0.29, 0.717) is 11.5 Å². The number of nitrogens with one attached hydrogen (secondary N) is 1. The van der Waals surface area contributed by atoms with Crippen LogP contribution in [-0.2, 0) is 4.74 Å². The second kappa shape index (κ2) is 3.82. The van der Waals surface area contributed by atoms with Crippen LogP contribution in [0.2, 0.25) is 0 Å². The summed E-state index contributed by atoms with van der Waals surface area (Å²) in [6.07, 6.45) is 4.56. The molecule has 1 heterocycles. The third-order valence-electron chi connectivity index (χ3n) is 4.14. The van der Waals surface area contributed by atoms with Crippen molar-refractivity contribution in [3.05, 3.63) is 0 Å². The van der Waals surface area contributed by atoms with Gasteiger partial charge in [-0.05, 0) is 38.1 Å². The van der Waals surface area contributed by atoms with Gasteiger partial charge in [-0.3, -0.25) is 0 Å². The summed E-state index contributed by atoms with van der Waals surface area (Å²) in [5.74, 6) is 1.59. The maximum absolute atomic E-state index is 5.97. The minimum atomic E-state index is 0.413. The van der Waals surface area contributed by atoms with Crippen molar-refractivity contribution < 1.29 is 4.74 Å². The molecule has 0 radical (unpaired) electrons. The maximum atomic E-state index is 5.97. The first-order chi connectivity index (χ1) is 6.70. The topological polar surface area (TPSA) is 21.3 Å². The molecular formula is C12H23NO. The SMILES string of the molecule is CNCC1(C(C)C)CCOC1C1CC1. The van der Waals surface area contributed by atoms with E-state index in [0.717, 1.165) is 25.0 Å². The Hall–Kier alpha value is -0.0800. The van der Waals surface area contributed by atoms with Crippen LogP contribution in [0, 0.1) is 17.3 Å². The van der Waals surface area contributed by atoms with Crippen molar-refractivity contribution in [2.45, 2.75) is 39.2 Å². The highest BCUT2D eigenvalue weighted by atomic mass is 16.5. The van der Waals surface area contributed by atoms with Crippen LogP contribution in [0.25, 0.3) is 0 Å². The van der Waals surface area contributed by atoms with E-state index in [1.165, 1.54) is 19.3 Å². The van der Waals surface area contributed by atoms with Gasteiger partial charge in [0, 0.05) is 18.6 Å². The molecule has 0 amide bonds. The van der Waals surface area contributed by atoms with Gasteiger partial charge in [-0.25, -0.2) is 0 Å². The Morgan fingerprint density at radius 2 is 2.14 bits per heavy atom. The molecule has 1 saturated heterocycles. The zero-order valence-corrected chi connectivity index (χ0v) is 9.68. The minimum absolute atomic E-state index is 0.413. The Kier molecular flexibility index (Phi) is 2.85. The molecule has 82 valence electrons. The molecule has 2 heteroatoms. The summed E-state index contributed by atoms with van der Waals surface area (Å²) >= 11 is 0. The first-order valence-corrected chi connectivity index (χ1v) is 5.97. The highest BCUT2D eigenvalue weighted by molar-refractivity contribution is 5.01. The molecule has 2 fully saturated rings. The normalized spacial score (nSPS) is 38.1. The lowest BCUT2D eigenvalue weighted by Gasteiger charge is -2.38. The van der Waals surface area contributed by atoms with Gasteiger partial charge in [0.2, 0.25) is 0 Å². The second-order valence-corrected chi connectivity index (χ2v) is 5.30. The molecular weight excluding hydrogens is 174 g/mol. The van der Waals surface area contributed by atoms with Crippen LogP contribution < -0.4 is 5.32 Å². The van der Waals surface area contributed by atoms with Crippen molar-refractivity contribution in [2.75, 3.05) is 20.2 Å². The van der Waals surface area contributed by atoms with E-state index in [1.807, 2.05) is 0 Å². The fourth-order valence-corrected chi connectivity index (χ4v) is 3.03. The van der Waals surface area contributed by atoms with Gasteiger partial charge < -0.3 is 10.1 Å². The van der Waals surface area contributed by atoms with E-state index in [1.54, 1.807) is 0 Å². The molecule has 0 aromatic heterocycles. The minimum Gasteiger partial charge on any atom is -0.377 e. The summed E-state index contributed by atoms with van der Waals surface area (Å²) < 4.78 is 5.97. The molecule has 2 unspecified atom stereocenters. The van der Waals surface area contributed by atoms with E-state index in [9.17, 15) is 0 Å². The smallest absolute Gasteiger partial charge is 0.0674 e. The molecule has 1 saturated carbocycles. The van der Waals surface area contributed by atoms with Crippen molar-refractivity contribution in [1.82, 2.24) is 5.32 Å². The second-order valence-electron chi connectivity index (χ2n) is 5.30. The van der Waals surface area contributed by atoms with E-state index < -0.39 is 0 Å². The summed E-state index contributed by atoms with van der Waals surface area (Å²) in [5.41, 5.74) is 0.413. The first kappa shape index (κ1) is 10.4. The Labute approximate surface area is 87.4 Å². The lowest BCUT2D eigenvalue weighted by molar-refractivity contribution is 0.00850. The molecule has 2 nitrogen and oxygen atoms in total. The van der Waals surface area contributed by atoms with Crippen molar-refractivity contribution >= 4 is 0 Å². The average Bonchev–Trinajstić information content (AvgIpc) is 2.89. The fraction of sp³-hybridized carbons (Fsp3) is 1.00. The van der Waals surface area contributed by atoms with Gasteiger partial charge >= 0.3 is 0 Å². The highest BCUT2D eigenvalue weighted by Gasteiger charge is 2.51. The summed E-state index contributed by atoms with van der Waals surface area (Å²) in [6.45, 7) is 6.79. The van der Waals surface area contributed by atoms with Crippen molar-refractivity contribution in [1.29, 1.82) is 0 Å². The molecule has 1 aliphatic carbocycles. The predicted octanol–water partition coefficient (Wildman–Crippen LogP) is 2.05. The van der Waals surface area contributed by atoms with E-state index in [-0.39, 0.29) is 0 Å². The van der Waals surface area contributed by atoms with Crippen molar-refractivity contribution in [2.24, 2.45) is 17.3 Å². The third kappa shape index (κ3) is 1.59. The van der Waals surface area contributed by atoms with Crippen molar-refractivity contribution in [3.63, 3.8) is 0 Å². The number of hydrogen-bond acceptors (Lipinski definition) is 2. The van der Waals surface area contributed by atoms with Crippen LogP contribution >= 0.6 is 0 Å². The zero-order chi connectivity index (χ0) is 10.2. The molecule has 2 rings (SSSR count). The number of hydrogen-bond donors (Lipinski definition) is 1. The first-order valence-electron chi connectivity index (χ1n) is 5.97. The van der Waals surface area contributed by atoms with Crippen LogP contribution in [0.3, 0.4) is 0 Å². The van der Waals surface area contributed by atoms with Gasteiger partial charge in [0.05, 0.1) is 6.10 Å². The third-order valence-corrected chi connectivity index (χ3v) is 4.14. The summed E-state index contributed by atoms with van der Waals surface area (Å²) in [7, 11) is 2.06. The Bertz CT molecular complexity index is 200. The molecule has 0 spiro atoms. The monoisotopic (exact) mass is 197 g/mol. The number of ether oxygens (including phenoxy) is 1. The van der Waals surface area contributed by atoms with Crippen LogP contribution in [-0.4, -0.2) is 26.3 Å². The van der Waals surface area contributed by atoms with Gasteiger partial charge in [-0.1, -0.05) is 13.8 Å². The number of rotatable bonds is 4. The van der Waals surface area contributed by atoms with E-state index >= 15 is 0 Å². The fourth-order valence-electron chi connectivity index (χ4n) is 3.03. The largest absolute Gasteiger partial charge is 0.377 e. The van der Waals surface area contributed by atoms with Crippen LogP contribution in [0.15, 0.2) is 0 Å². The van der Waals surface area contributed by atoms with Gasteiger partial charge in [-0.15, -0.1) is 0 Å². The van der Waals surface area contributed by atoms with Crippen LogP contribution in [0.5, 0.6) is 0 Å². The summed E-state index contributed by atoms with van der Waals surface area (Å²) in [4.78, 5) is 0.